The monoisotopic (exact) mass is 368 g/mol. The van der Waals surface area contributed by atoms with E-state index >= 15 is 0 Å². The molecular formula is C23H20N4O. The second kappa shape index (κ2) is 7.48. The fraction of sp³-hybridized carbons (Fsp3) is 0.0870. The summed E-state index contributed by atoms with van der Waals surface area (Å²) in [5.41, 5.74) is 5.91. The number of rotatable bonds is 4. The van der Waals surface area contributed by atoms with Crippen LogP contribution in [0.25, 0.3) is 16.9 Å². The van der Waals surface area contributed by atoms with Gasteiger partial charge in [0.15, 0.2) is 5.69 Å². The van der Waals surface area contributed by atoms with E-state index < -0.39 is 0 Å². The Hall–Kier alpha value is -3.73. The number of hydrogen-bond donors (Lipinski definition) is 1. The van der Waals surface area contributed by atoms with Crippen LogP contribution in [0, 0.1) is 13.8 Å². The Morgan fingerprint density at radius 3 is 2.54 bits per heavy atom. The summed E-state index contributed by atoms with van der Waals surface area (Å²) in [7, 11) is 0. The fourth-order valence-electron chi connectivity index (χ4n) is 3.05. The highest BCUT2D eigenvalue weighted by Crippen LogP contribution is 2.24. The maximum Gasteiger partial charge on any atom is 0.276 e. The molecule has 2 aromatic heterocycles. The van der Waals surface area contributed by atoms with Gasteiger partial charge < -0.3 is 5.32 Å². The van der Waals surface area contributed by atoms with Crippen molar-refractivity contribution in [3.05, 3.63) is 95.9 Å². The van der Waals surface area contributed by atoms with E-state index in [2.05, 4.69) is 15.4 Å². The maximum atomic E-state index is 12.9. The van der Waals surface area contributed by atoms with Gasteiger partial charge >= 0.3 is 0 Å². The molecule has 0 radical (unpaired) electrons. The first-order chi connectivity index (χ1) is 13.6. The molecule has 0 bridgehead atoms. The predicted octanol–water partition coefficient (Wildman–Crippen LogP) is 4.80. The summed E-state index contributed by atoms with van der Waals surface area (Å²) >= 11 is 0. The van der Waals surface area contributed by atoms with E-state index in [0.29, 0.717) is 5.69 Å². The number of benzene rings is 2. The standard InChI is InChI=1S/C23H20N4O/c1-16-8-6-12-20(17(16)2)25-23(28)21-14-22(18-9-7-13-24-15-18)27(26-21)19-10-4-3-5-11-19/h3-15H,1-2H3,(H,25,28). The Balaban J connectivity index is 1.75. The van der Waals surface area contributed by atoms with Crippen LogP contribution in [0.4, 0.5) is 5.69 Å². The number of aromatic nitrogens is 3. The lowest BCUT2D eigenvalue weighted by atomic mass is 10.1. The van der Waals surface area contributed by atoms with Crippen LogP contribution in [0.2, 0.25) is 0 Å². The van der Waals surface area contributed by atoms with E-state index in [1.165, 1.54) is 0 Å². The average Bonchev–Trinajstić information content (AvgIpc) is 3.18. The topological polar surface area (TPSA) is 59.8 Å². The second-order valence-electron chi connectivity index (χ2n) is 6.61. The Morgan fingerprint density at radius 2 is 1.79 bits per heavy atom. The Kier molecular flexibility index (Phi) is 4.72. The molecule has 4 aromatic rings. The smallest absolute Gasteiger partial charge is 0.276 e. The average molecular weight is 368 g/mol. The van der Waals surface area contributed by atoms with Crippen molar-refractivity contribution < 1.29 is 4.79 Å². The summed E-state index contributed by atoms with van der Waals surface area (Å²) in [6, 6.07) is 21.2. The van der Waals surface area contributed by atoms with Gasteiger partial charge in [0.25, 0.3) is 5.91 Å². The molecule has 2 aromatic carbocycles. The summed E-state index contributed by atoms with van der Waals surface area (Å²) < 4.78 is 1.77. The highest BCUT2D eigenvalue weighted by atomic mass is 16.2. The van der Waals surface area contributed by atoms with Gasteiger partial charge in [0.2, 0.25) is 0 Å². The van der Waals surface area contributed by atoms with Crippen molar-refractivity contribution in [2.75, 3.05) is 5.32 Å². The number of carbonyl (C=O) groups is 1. The van der Waals surface area contributed by atoms with Crippen LogP contribution < -0.4 is 5.32 Å². The third kappa shape index (κ3) is 3.42. The summed E-state index contributed by atoms with van der Waals surface area (Å²) in [6.45, 7) is 4.02. The Labute approximate surface area is 163 Å². The van der Waals surface area contributed by atoms with Crippen molar-refractivity contribution >= 4 is 11.6 Å². The van der Waals surface area contributed by atoms with Gasteiger partial charge in [-0.15, -0.1) is 0 Å². The molecule has 1 amide bonds. The van der Waals surface area contributed by atoms with Gasteiger partial charge in [0.05, 0.1) is 11.4 Å². The highest BCUT2D eigenvalue weighted by Gasteiger charge is 2.17. The number of hydrogen-bond acceptors (Lipinski definition) is 3. The Morgan fingerprint density at radius 1 is 0.964 bits per heavy atom. The van der Waals surface area contributed by atoms with E-state index in [-0.39, 0.29) is 5.91 Å². The molecule has 1 N–H and O–H groups in total. The van der Waals surface area contributed by atoms with Gasteiger partial charge in [-0.05, 0) is 61.4 Å². The molecule has 28 heavy (non-hydrogen) atoms. The second-order valence-corrected chi connectivity index (χ2v) is 6.61. The maximum absolute atomic E-state index is 12.9. The number of carbonyl (C=O) groups excluding carboxylic acids is 1. The molecular weight excluding hydrogens is 348 g/mol. The lowest BCUT2D eigenvalue weighted by Crippen LogP contribution is -2.14. The summed E-state index contributed by atoms with van der Waals surface area (Å²) in [5.74, 6) is -0.242. The third-order valence-corrected chi connectivity index (χ3v) is 4.75. The largest absolute Gasteiger partial charge is 0.320 e. The number of para-hydroxylation sites is 1. The zero-order chi connectivity index (χ0) is 19.5. The van der Waals surface area contributed by atoms with Crippen LogP contribution in [-0.2, 0) is 0 Å². The quantitative estimate of drug-likeness (QED) is 0.563. The number of nitrogens with zero attached hydrogens (tertiary/aromatic N) is 3. The minimum Gasteiger partial charge on any atom is -0.320 e. The normalized spacial score (nSPS) is 10.6. The molecule has 138 valence electrons. The number of amides is 1. The van der Waals surface area contributed by atoms with Gasteiger partial charge in [-0.1, -0.05) is 30.3 Å². The van der Waals surface area contributed by atoms with Crippen LogP contribution in [-0.4, -0.2) is 20.7 Å². The van der Waals surface area contributed by atoms with Crippen molar-refractivity contribution in [3.63, 3.8) is 0 Å². The van der Waals surface area contributed by atoms with Crippen LogP contribution >= 0.6 is 0 Å². The summed E-state index contributed by atoms with van der Waals surface area (Å²) in [6.07, 6.45) is 3.49. The van der Waals surface area contributed by atoms with Gasteiger partial charge in [-0.3, -0.25) is 9.78 Å². The van der Waals surface area contributed by atoms with Crippen LogP contribution in [0.1, 0.15) is 21.6 Å². The molecule has 0 spiro atoms. The number of aryl methyl sites for hydroxylation is 1. The molecule has 0 fully saturated rings. The van der Waals surface area contributed by atoms with Crippen molar-refractivity contribution in [2.24, 2.45) is 0 Å². The lowest BCUT2D eigenvalue weighted by Gasteiger charge is -2.09. The molecule has 0 aliphatic heterocycles. The van der Waals surface area contributed by atoms with E-state index in [0.717, 1.165) is 33.8 Å². The van der Waals surface area contributed by atoms with Crippen LogP contribution in [0.3, 0.4) is 0 Å². The van der Waals surface area contributed by atoms with Crippen molar-refractivity contribution in [3.8, 4) is 16.9 Å². The molecule has 4 rings (SSSR count). The first-order valence-corrected chi connectivity index (χ1v) is 9.07. The minimum atomic E-state index is -0.242. The highest BCUT2D eigenvalue weighted by molar-refractivity contribution is 6.04. The molecule has 0 saturated carbocycles. The third-order valence-electron chi connectivity index (χ3n) is 4.75. The van der Waals surface area contributed by atoms with E-state index in [1.54, 1.807) is 23.1 Å². The summed E-state index contributed by atoms with van der Waals surface area (Å²) in [4.78, 5) is 17.1. The molecule has 0 saturated heterocycles. The zero-order valence-corrected chi connectivity index (χ0v) is 15.8. The predicted molar refractivity (Wildman–Crippen MR) is 111 cm³/mol. The summed E-state index contributed by atoms with van der Waals surface area (Å²) in [5, 5.41) is 7.56. The first kappa shape index (κ1) is 17.7. The molecule has 2 heterocycles. The molecule has 5 nitrogen and oxygen atoms in total. The molecule has 0 aliphatic carbocycles. The lowest BCUT2D eigenvalue weighted by molar-refractivity contribution is 0.102. The van der Waals surface area contributed by atoms with Gasteiger partial charge in [-0.2, -0.15) is 5.10 Å². The van der Waals surface area contributed by atoms with E-state index in [9.17, 15) is 4.79 Å². The van der Waals surface area contributed by atoms with Crippen molar-refractivity contribution in [1.82, 2.24) is 14.8 Å². The van der Waals surface area contributed by atoms with Crippen LogP contribution in [0.15, 0.2) is 79.1 Å². The Bertz CT molecular complexity index is 1060. The van der Waals surface area contributed by atoms with Gasteiger partial charge in [-0.25, -0.2) is 4.68 Å². The number of nitrogens with one attached hydrogen (secondary N) is 1. The van der Waals surface area contributed by atoms with Crippen molar-refractivity contribution in [1.29, 1.82) is 0 Å². The minimum absolute atomic E-state index is 0.242. The first-order valence-electron chi connectivity index (χ1n) is 9.07. The molecule has 5 heteroatoms. The molecule has 0 unspecified atom stereocenters. The van der Waals surface area contributed by atoms with Crippen molar-refractivity contribution in [2.45, 2.75) is 13.8 Å². The zero-order valence-electron chi connectivity index (χ0n) is 15.8. The van der Waals surface area contributed by atoms with Gasteiger partial charge in [0.1, 0.15) is 0 Å². The van der Waals surface area contributed by atoms with Gasteiger partial charge in [0, 0.05) is 23.6 Å². The number of anilines is 1. The van der Waals surface area contributed by atoms with Crippen LogP contribution in [0.5, 0.6) is 0 Å². The fourth-order valence-corrected chi connectivity index (χ4v) is 3.05. The molecule has 0 atom stereocenters. The number of pyridine rings is 1. The SMILES string of the molecule is Cc1cccc(NC(=O)c2cc(-c3cccnc3)n(-c3ccccc3)n2)c1C. The van der Waals surface area contributed by atoms with E-state index in [1.807, 2.05) is 74.5 Å². The molecule has 0 aliphatic rings. The van der Waals surface area contributed by atoms with E-state index in [4.69, 9.17) is 0 Å².